The van der Waals surface area contributed by atoms with E-state index in [1.54, 1.807) is 24.3 Å². The highest BCUT2D eigenvalue weighted by molar-refractivity contribution is 7.92. The quantitative estimate of drug-likeness (QED) is 0.514. The lowest BCUT2D eigenvalue weighted by molar-refractivity contribution is -0.145. The summed E-state index contributed by atoms with van der Waals surface area (Å²) in [6, 6.07) is 13.5. The van der Waals surface area contributed by atoms with Crippen molar-refractivity contribution < 1.29 is 31.1 Å². The van der Waals surface area contributed by atoms with E-state index in [1.165, 1.54) is 22.5 Å². The first-order valence-electron chi connectivity index (χ1n) is 9.28. The molecule has 5 nitrogen and oxygen atoms in total. The van der Waals surface area contributed by atoms with Gasteiger partial charge in [-0.25, -0.2) is 8.42 Å². The largest absolute Gasteiger partial charge is 0.426 e. The highest BCUT2D eigenvalue weighted by atomic mass is 32.2. The Kier molecular flexibility index (Phi) is 6.62. The highest BCUT2D eigenvalue weighted by Gasteiger charge is 2.36. The zero-order valence-corrected chi connectivity index (χ0v) is 16.7. The number of piperidine rings is 1. The van der Waals surface area contributed by atoms with E-state index in [4.69, 9.17) is 4.74 Å². The molecule has 0 N–H and O–H groups in total. The Morgan fingerprint density at radius 2 is 1.60 bits per heavy atom. The Morgan fingerprint density at radius 3 is 2.23 bits per heavy atom. The molecule has 0 unspecified atom stereocenters. The summed E-state index contributed by atoms with van der Waals surface area (Å²) in [5.41, 5.74) is -0.285. The van der Waals surface area contributed by atoms with Crippen LogP contribution in [0.3, 0.4) is 0 Å². The zero-order valence-electron chi connectivity index (χ0n) is 15.9. The molecule has 9 heteroatoms. The van der Waals surface area contributed by atoms with Crippen LogP contribution in [0.2, 0.25) is 0 Å². The molecular weight excluding hydrogens is 419 g/mol. The number of hydrogen-bond acceptors (Lipinski definition) is 4. The van der Waals surface area contributed by atoms with Crippen molar-refractivity contribution in [3.8, 4) is 5.75 Å². The molecule has 160 valence electrons. The van der Waals surface area contributed by atoms with Crippen LogP contribution >= 0.6 is 0 Å². The van der Waals surface area contributed by atoms with Crippen LogP contribution in [0.15, 0.2) is 60.0 Å². The Morgan fingerprint density at radius 1 is 1.00 bits per heavy atom. The number of halogens is 3. The van der Waals surface area contributed by atoms with Gasteiger partial charge in [0, 0.05) is 18.5 Å². The van der Waals surface area contributed by atoms with E-state index in [2.05, 4.69) is 0 Å². The number of carbonyl (C=O) groups is 1. The molecule has 0 saturated carbocycles. The molecule has 2 aromatic carbocycles. The van der Waals surface area contributed by atoms with Crippen molar-refractivity contribution >= 4 is 22.1 Å². The van der Waals surface area contributed by atoms with E-state index in [1.807, 2.05) is 6.07 Å². The summed E-state index contributed by atoms with van der Waals surface area (Å²) >= 11 is 0. The Hall–Kier alpha value is -2.65. The number of carbonyl (C=O) groups excluding carboxylic acids is 1. The number of alkyl halides is 3. The van der Waals surface area contributed by atoms with Crippen molar-refractivity contribution in [3.05, 3.63) is 71.1 Å². The van der Waals surface area contributed by atoms with Crippen molar-refractivity contribution in [3.63, 3.8) is 0 Å². The Balaban J connectivity index is 1.60. The molecular formula is C21H20F3NO4S. The molecule has 1 saturated heterocycles. The van der Waals surface area contributed by atoms with Crippen LogP contribution in [0.5, 0.6) is 5.75 Å². The minimum atomic E-state index is -4.64. The van der Waals surface area contributed by atoms with Gasteiger partial charge in [0.15, 0.2) is 0 Å². The third kappa shape index (κ3) is 5.48. The van der Waals surface area contributed by atoms with Gasteiger partial charge >= 0.3 is 12.1 Å². The van der Waals surface area contributed by atoms with E-state index in [0.717, 1.165) is 23.1 Å². The first-order valence-corrected chi connectivity index (χ1v) is 10.8. The van der Waals surface area contributed by atoms with Gasteiger partial charge in [0.05, 0.1) is 11.5 Å². The predicted octanol–water partition coefficient (Wildman–Crippen LogP) is 4.32. The minimum absolute atomic E-state index is 0.0855. The molecule has 1 heterocycles. The number of benzene rings is 2. The van der Waals surface area contributed by atoms with Crippen molar-refractivity contribution in [2.24, 2.45) is 5.92 Å². The molecule has 0 atom stereocenters. The minimum Gasteiger partial charge on any atom is -0.426 e. The SMILES string of the molecule is O=C(Oc1ccccc1C(F)(F)F)C1CCN(S(=O)(=O)/C=C/c2ccccc2)CC1. The monoisotopic (exact) mass is 439 g/mol. The molecule has 0 aromatic heterocycles. The molecule has 0 bridgehead atoms. The fourth-order valence-electron chi connectivity index (χ4n) is 3.14. The Bertz CT molecular complexity index is 1010. The van der Waals surface area contributed by atoms with E-state index < -0.39 is 39.4 Å². The van der Waals surface area contributed by atoms with Crippen molar-refractivity contribution in [1.82, 2.24) is 4.31 Å². The van der Waals surface area contributed by atoms with Gasteiger partial charge < -0.3 is 4.74 Å². The number of esters is 1. The number of ether oxygens (including phenoxy) is 1. The third-order valence-corrected chi connectivity index (χ3v) is 6.35. The first-order chi connectivity index (χ1) is 14.2. The molecule has 0 aliphatic carbocycles. The van der Waals surface area contributed by atoms with Gasteiger partial charge in [-0.3, -0.25) is 4.79 Å². The number of nitrogens with zero attached hydrogens (tertiary/aromatic N) is 1. The lowest BCUT2D eigenvalue weighted by atomic mass is 9.98. The maximum absolute atomic E-state index is 13.0. The highest BCUT2D eigenvalue weighted by Crippen LogP contribution is 2.36. The molecule has 1 fully saturated rings. The second-order valence-electron chi connectivity index (χ2n) is 6.85. The van der Waals surface area contributed by atoms with E-state index in [9.17, 15) is 26.4 Å². The number of sulfonamides is 1. The summed E-state index contributed by atoms with van der Waals surface area (Å²) in [4.78, 5) is 12.3. The van der Waals surface area contributed by atoms with Crippen LogP contribution in [-0.2, 0) is 21.0 Å². The van der Waals surface area contributed by atoms with Crippen LogP contribution in [0, 0.1) is 5.92 Å². The molecule has 0 radical (unpaired) electrons. The van der Waals surface area contributed by atoms with Crippen LogP contribution < -0.4 is 4.74 Å². The Labute approximate surface area is 172 Å². The molecule has 1 aliphatic heterocycles. The lowest BCUT2D eigenvalue weighted by Crippen LogP contribution is -2.40. The van der Waals surface area contributed by atoms with Crippen molar-refractivity contribution in [1.29, 1.82) is 0 Å². The second-order valence-corrected chi connectivity index (χ2v) is 8.67. The summed E-state index contributed by atoms with van der Waals surface area (Å²) in [6.07, 6.45) is -2.81. The van der Waals surface area contributed by atoms with Gasteiger partial charge in [-0.1, -0.05) is 42.5 Å². The van der Waals surface area contributed by atoms with E-state index >= 15 is 0 Å². The number of para-hydroxylation sites is 1. The number of rotatable bonds is 5. The van der Waals surface area contributed by atoms with Gasteiger partial charge in [-0.15, -0.1) is 0 Å². The normalized spacial score (nSPS) is 16.6. The van der Waals surface area contributed by atoms with Crippen molar-refractivity contribution in [2.75, 3.05) is 13.1 Å². The molecule has 30 heavy (non-hydrogen) atoms. The summed E-state index contributed by atoms with van der Waals surface area (Å²) in [7, 11) is -3.66. The first kappa shape index (κ1) is 22.0. The van der Waals surface area contributed by atoms with Gasteiger partial charge in [0.2, 0.25) is 10.0 Å². The maximum atomic E-state index is 13.0. The topological polar surface area (TPSA) is 63.7 Å². The molecule has 0 amide bonds. The van der Waals surface area contributed by atoms with E-state index in [0.29, 0.717) is 0 Å². The smallest absolute Gasteiger partial charge is 0.419 e. The van der Waals surface area contributed by atoms with Gasteiger partial charge in [0.25, 0.3) is 0 Å². The third-order valence-electron chi connectivity index (χ3n) is 4.78. The molecule has 3 rings (SSSR count). The fraction of sp³-hybridized carbons (Fsp3) is 0.286. The van der Waals surface area contributed by atoms with E-state index in [-0.39, 0.29) is 25.9 Å². The van der Waals surface area contributed by atoms with Gasteiger partial charge in [-0.2, -0.15) is 17.5 Å². The summed E-state index contributed by atoms with van der Waals surface area (Å²) in [5, 5.41) is 1.11. The second kappa shape index (κ2) is 9.01. The van der Waals surface area contributed by atoms with Crippen LogP contribution in [0.25, 0.3) is 6.08 Å². The fourth-order valence-corrected chi connectivity index (χ4v) is 4.36. The lowest BCUT2D eigenvalue weighted by Gasteiger charge is -2.29. The average molecular weight is 439 g/mol. The van der Waals surface area contributed by atoms with Gasteiger partial charge in [-0.05, 0) is 36.6 Å². The molecule has 0 spiro atoms. The summed E-state index contributed by atoms with van der Waals surface area (Å²) in [5.74, 6) is -2.00. The summed E-state index contributed by atoms with van der Waals surface area (Å²) < 4.78 is 70.3. The van der Waals surface area contributed by atoms with Crippen LogP contribution in [0.4, 0.5) is 13.2 Å². The zero-order chi connectivity index (χ0) is 21.8. The van der Waals surface area contributed by atoms with Crippen LogP contribution in [0.1, 0.15) is 24.0 Å². The summed E-state index contributed by atoms with van der Waals surface area (Å²) in [6.45, 7) is 0.171. The van der Waals surface area contributed by atoms with Crippen molar-refractivity contribution in [2.45, 2.75) is 19.0 Å². The predicted molar refractivity (Wildman–Crippen MR) is 106 cm³/mol. The average Bonchev–Trinajstić information content (AvgIpc) is 2.73. The van der Waals surface area contributed by atoms with Crippen LogP contribution in [-0.4, -0.2) is 31.8 Å². The molecule has 2 aromatic rings. The standard InChI is InChI=1S/C21H20F3NO4S/c22-21(23,24)18-8-4-5-9-19(18)29-20(26)17-10-13-25(14-11-17)30(27,28)15-12-16-6-2-1-3-7-16/h1-9,12,15,17H,10-11,13-14H2/b15-12+. The molecule has 1 aliphatic rings. The maximum Gasteiger partial charge on any atom is 0.419 e. The van der Waals surface area contributed by atoms with Gasteiger partial charge in [0.1, 0.15) is 5.75 Å². The number of hydrogen-bond donors (Lipinski definition) is 0.